The van der Waals surface area contributed by atoms with Gasteiger partial charge in [-0.05, 0) is 80.6 Å². The lowest BCUT2D eigenvalue weighted by atomic mass is 10.3. The molecule has 10 nitrogen and oxygen atoms in total. The van der Waals surface area contributed by atoms with Crippen molar-refractivity contribution in [3.8, 4) is 11.5 Å². The predicted molar refractivity (Wildman–Crippen MR) is 146 cm³/mol. The largest absolute Gasteiger partial charge is 0.497 e. The highest BCUT2D eigenvalue weighted by Crippen LogP contribution is 2.29. The fourth-order valence-corrected chi connectivity index (χ4v) is 6.27. The molecule has 0 radical (unpaired) electrons. The lowest BCUT2D eigenvalue weighted by Crippen LogP contribution is -2.38. The maximum Gasteiger partial charge on any atom is 0.264 e. The molecule has 3 aromatic rings. The summed E-state index contributed by atoms with van der Waals surface area (Å²) >= 11 is 5.98. The van der Waals surface area contributed by atoms with Crippen molar-refractivity contribution in [3.05, 3.63) is 71.8 Å². The average molecular weight is 582 g/mol. The molecule has 0 unspecified atom stereocenters. The molecule has 0 atom stereocenters. The van der Waals surface area contributed by atoms with E-state index >= 15 is 0 Å². The number of hydrogen-bond acceptors (Lipinski definition) is 7. The zero-order valence-corrected chi connectivity index (χ0v) is 23.5. The van der Waals surface area contributed by atoms with Gasteiger partial charge in [0.1, 0.15) is 18.0 Å². The number of ether oxygens (including phenoxy) is 2. The fourth-order valence-electron chi connectivity index (χ4n) is 3.45. The quantitative estimate of drug-likeness (QED) is 0.351. The van der Waals surface area contributed by atoms with Crippen molar-refractivity contribution in [1.82, 2.24) is 4.72 Å². The Morgan fingerprint density at radius 1 is 0.895 bits per heavy atom. The first kappa shape index (κ1) is 29.2. The number of rotatable bonds is 11. The van der Waals surface area contributed by atoms with Crippen molar-refractivity contribution in [2.24, 2.45) is 0 Å². The Morgan fingerprint density at radius 2 is 1.50 bits per heavy atom. The summed E-state index contributed by atoms with van der Waals surface area (Å²) in [6, 6.07) is 15.3. The molecule has 1 amide bonds. The topological polar surface area (TPSA) is 131 Å². The van der Waals surface area contributed by atoms with E-state index in [9.17, 15) is 21.6 Å². The molecule has 0 aliphatic rings. The third-order valence-electron chi connectivity index (χ3n) is 5.20. The second-order valence-corrected chi connectivity index (χ2v) is 12.4. The number of anilines is 2. The summed E-state index contributed by atoms with van der Waals surface area (Å²) < 4.78 is 66.2. The molecule has 3 rings (SSSR count). The Kier molecular flexibility index (Phi) is 9.26. The second-order valence-electron chi connectivity index (χ2n) is 8.35. The Labute approximate surface area is 227 Å². The number of nitrogens with zero attached hydrogens (tertiary/aromatic N) is 1. The smallest absolute Gasteiger partial charge is 0.264 e. The van der Waals surface area contributed by atoms with E-state index in [-0.39, 0.29) is 33.0 Å². The number of carbonyl (C=O) groups excluding carboxylic acids is 1. The van der Waals surface area contributed by atoms with Gasteiger partial charge in [-0.3, -0.25) is 9.10 Å². The molecule has 204 valence electrons. The highest BCUT2D eigenvalue weighted by molar-refractivity contribution is 7.92. The van der Waals surface area contributed by atoms with E-state index in [1.54, 1.807) is 13.8 Å². The molecule has 0 heterocycles. The zero-order valence-electron chi connectivity index (χ0n) is 21.1. The number of hydrogen-bond donors (Lipinski definition) is 2. The third kappa shape index (κ3) is 6.95. The van der Waals surface area contributed by atoms with Crippen LogP contribution < -0.4 is 23.8 Å². The molecular formula is C25H28ClN3O7S2. The maximum atomic E-state index is 13.6. The van der Waals surface area contributed by atoms with Gasteiger partial charge in [0.2, 0.25) is 15.9 Å². The number of amides is 1. The number of benzene rings is 3. The minimum Gasteiger partial charge on any atom is -0.497 e. The molecular weight excluding hydrogens is 554 g/mol. The van der Waals surface area contributed by atoms with E-state index in [2.05, 4.69) is 10.0 Å². The summed E-state index contributed by atoms with van der Waals surface area (Å²) in [6.45, 7) is 2.73. The van der Waals surface area contributed by atoms with Crippen LogP contribution in [0.1, 0.15) is 13.8 Å². The molecule has 13 heteroatoms. The molecule has 0 fully saturated rings. The van der Waals surface area contributed by atoms with Crippen molar-refractivity contribution in [2.75, 3.05) is 30.4 Å². The van der Waals surface area contributed by atoms with Crippen LogP contribution in [0.3, 0.4) is 0 Å². The molecule has 0 bridgehead atoms. The van der Waals surface area contributed by atoms with Gasteiger partial charge in [-0.15, -0.1) is 0 Å². The van der Waals surface area contributed by atoms with Gasteiger partial charge >= 0.3 is 0 Å². The Bertz CT molecular complexity index is 1490. The van der Waals surface area contributed by atoms with E-state index in [4.69, 9.17) is 21.1 Å². The second kappa shape index (κ2) is 12.0. The first-order valence-electron chi connectivity index (χ1n) is 11.3. The van der Waals surface area contributed by atoms with E-state index in [0.717, 1.165) is 4.31 Å². The average Bonchev–Trinajstić information content (AvgIpc) is 2.87. The minimum atomic E-state index is -4.20. The van der Waals surface area contributed by atoms with Gasteiger partial charge in [0.25, 0.3) is 10.0 Å². The fraction of sp³-hybridized carbons (Fsp3) is 0.240. The van der Waals surface area contributed by atoms with Crippen molar-refractivity contribution in [2.45, 2.75) is 29.7 Å². The molecule has 0 saturated carbocycles. The first-order chi connectivity index (χ1) is 17.9. The van der Waals surface area contributed by atoms with Gasteiger partial charge in [0.05, 0.1) is 35.4 Å². The van der Waals surface area contributed by atoms with Gasteiger partial charge in [-0.25, -0.2) is 21.6 Å². The lowest BCUT2D eigenvalue weighted by Gasteiger charge is -2.24. The first-order valence-corrected chi connectivity index (χ1v) is 14.6. The summed E-state index contributed by atoms with van der Waals surface area (Å²) in [6.07, 6.45) is 0. The molecule has 2 N–H and O–H groups in total. The molecule has 0 spiro atoms. The van der Waals surface area contributed by atoms with Gasteiger partial charge < -0.3 is 14.8 Å². The predicted octanol–water partition coefficient (Wildman–Crippen LogP) is 3.88. The SMILES string of the molecule is COc1ccc(S(=O)(=O)N(CC(=O)Nc2cc(S(=O)(=O)NC(C)C)ccc2OC)c2ccc(Cl)cc2)cc1. The highest BCUT2D eigenvalue weighted by atomic mass is 35.5. The van der Waals surface area contributed by atoms with Crippen LogP contribution in [0.5, 0.6) is 11.5 Å². The van der Waals surface area contributed by atoms with E-state index in [1.165, 1.54) is 80.9 Å². The van der Waals surface area contributed by atoms with Crippen LogP contribution in [0.4, 0.5) is 11.4 Å². The van der Waals surface area contributed by atoms with E-state index in [0.29, 0.717) is 10.8 Å². The Hall–Kier alpha value is -3.32. The van der Waals surface area contributed by atoms with Crippen LogP contribution in [0.2, 0.25) is 5.02 Å². The van der Waals surface area contributed by atoms with Crippen LogP contribution in [0, 0.1) is 0 Å². The highest BCUT2D eigenvalue weighted by Gasteiger charge is 2.28. The Balaban J connectivity index is 1.97. The number of sulfonamides is 2. The summed E-state index contributed by atoms with van der Waals surface area (Å²) in [7, 11) is -5.25. The molecule has 3 aromatic carbocycles. The summed E-state index contributed by atoms with van der Waals surface area (Å²) in [5, 5.41) is 2.96. The number of methoxy groups -OCH3 is 2. The van der Waals surface area contributed by atoms with Crippen LogP contribution in [0.25, 0.3) is 0 Å². The Morgan fingerprint density at radius 3 is 2.05 bits per heavy atom. The van der Waals surface area contributed by atoms with Crippen LogP contribution in [0.15, 0.2) is 76.5 Å². The van der Waals surface area contributed by atoms with E-state index in [1.807, 2.05) is 0 Å². The van der Waals surface area contributed by atoms with Crippen molar-refractivity contribution < 1.29 is 31.1 Å². The zero-order chi connectivity index (χ0) is 28.1. The number of halogens is 1. The van der Waals surface area contributed by atoms with Crippen molar-refractivity contribution >= 4 is 48.9 Å². The van der Waals surface area contributed by atoms with Crippen molar-refractivity contribution in [1.29, 1.82) is 0 Å². The van der Waals surface area contributed by atoms with Crippen LogP contribution in [-0.4, -0.2) is 49.5 Å². The number of carbonyl (C=O) groups is 1. The normalized spacial score (nSPS) is 11.7. The minimum absolute atomic E-state index is 0.0574. The standard InChI is InChI=1S/C25H28ClN3O7S2/c1-17(2)28-37(31,32)22-13-14-24(36-4)23(15-22)27-25(30)16-29(19-7-5-18(26)6-8-19)38(33,34)21-11-9-20(35-3)10-12-21/h5-15,17,28H,16H2,1-4H3,(H,27,30). The molecule has 0 aliphatic carbocycles. The monoisotopic (exact) mass is 581 g/mol. The van der Waals surface area contributed by atoms with E-state index < -0.39 is 32.5 Å². The number of nitrogens with one attached hydrogen (secondary N) is 2. The van der Waals surface area contributed by atoms with Gasteiger partial charge in [0, 0.05) is 11.1 Å². The van der Waals surface area contributed by atoms with Crippen molar-refractivity contribution in [3.63, 3.8) is 0 Å². The third-order valence-corrected chi connectivity index (χ3v) is 8.89. The van der Waals surface area contributed by atoms with Gasteiger partial charge in [-0.2, -0.15) is 0 Å². The molecule has 38 heavy (non-hydrogen) atoms. The molecule has 0 saturated heterocycles. The summed E-state index contributed by atoms with van der Waals surface area (Å²) in [4.78, 5) is 13.0. The lowest BCUT2D eigenvalue weighted by molar-refractivity contribution is -0.114. The molecule has 0 aliphatic heterocycles. The molecule has 0 aromatic heterocycles. The summed E-state index contributed by atoms with van der Waals surface area (Å²) in [5.74, 6) is -0.0757. The van der Waals surface area contributed by atoms with Crippen LogP contribution >= 0.6 is 11.6 Å². The maximum absolute atomic E-state index is 13.6. The van der Waals surface area contributed by atoms with Crippen LogP contribution in [-0.2, 0) is 24.8 Å². The van der Waals surface area contributed by atoms with Gasteiger partial charge in [-0.1, -0.05) is 11.6 Å². The van der Waals surface area contributed by atoms with Gasteiger partial charge in [0.15, 0.2) is 0 Å². The summed E-state index contributed by atoms with van der Waals surface area (Å²) in [5.41, 5.74) is 0.256.